The van der Waals surface area contributed by atoms with E-state index in [9.17, 15) is 14.0 Å². The van der Waals surface area contributed by atoms with Gasteiger partial charge in [-0.15, -0.1) is 11.3 Å². The van der Waals surface area contributed by atoms with E-state index in [2.05, 4.69) is 9.55 Å². The fourth-order valence-corrected chi connectivity index (χ4v) is 5.15. The van der Waals surface area contributed by atoms with Gasteiger partial charge < -0.3 is 14.6 Å². The molecule has 1 aromatic carbocycles. The number of pyridine rings is 1. The van der Waals surface area contributed by atoms with Crippen molar-refractivity contribution in [2.75, 3.05) is 6.54 Å². The van der Waals surface area contributed by atoms with Crippen LogP contribution in [0.5, 0.6) is 0 Å². The van der Waals surface area contributed by atoms with Crippen LogP contribution >= 0.6 is 11.3 Å². The minimum Gasteiger partial charge on any atom is -0.477 e. The summed E-state index contributed by atoms with van der Waals surface area (Å²) in [6.07, 6.45) is 2.63. The number of carboxylic acid groups (broad SMARTS) is 1. The fraction of sp³-hybridized carbons (Fsp3) is 0.208. The number of carbonyl (C=O) groups excluding carboxylic acids is 1. The van der Waals surface area contributed by atoms with Gasteiger partial charge in [-0.1, -0.05) is 12.1 Å². The van der Waals surface area contributed by atoms with Gasteiger partial charge in [0.25, 0.3) is 0 Å². The fourth-order valence-electron chi connectivity index (χ4n) is 4.31. The minimum absolute atomic E-state index is 0.0371. The van der Waals surface area contributed by atoms with Gasteiger partial charge in [-0.2, -0.15) is 0 Å². The van der Waals surface area contributed by atoms with Gasteiger partial charge in [-0.25, -0.2) is 14.2 Å². The normalized spacial score (nSPS) is 13.3. The molecule has 1 aliphatic heterocycles. The molecule has 0 unspecified atom stereocenters. The maximum Gasteiger partial charge on any atom is 0.345 e. The molecule has 0 fully saturated rings. The number of benzene rings is 1. The van der Waals surface area contributed by atoms with Crippen molar-refractivity contribution in [1.29, 1.82) is 0 Å². The molecule has 3 aromatic heterocycles. The van der Waals surface area contributed by atoms with Crippen LogP contribution < -0.4 is 0 Å². The molecule has 4 heterocycles. The van der Waals surface area contributed by atoms with Crippen molar-refractivity contribution in [3.8, 4) is 0 Å². The van der Waals surface area contributed by atoms with Crippen molar-refractivity contribution in [3.63, 3.8) is 0 Å². The van der Waals surface area contributed by atoms with Crippen LogP contribution in [0.25, 0.3) is 11.0 Å². The molecule has 0 saturated heterocycles. The van der Waals surface area contributed by atoms with E-state index in [0.717, 1.165) is 38.5 Å². The number of fused-ring (bicyclic) bond motifs is 3. The topological polar surface area (TPSA) is 75.4 Å². The van der Waals surface area contributed by atoms with E-state index in [1.807, 2.05) is 23.1 Å². The molecular formula is C24H20FN3O3S. The molecule has 1 amide bonds. The monoisotopic (exact) mass is 449 g/mol. The Bertz CT molecular complexity index is 1340. The van der Waals surface area contributed by atoms with E-state index in [4.69, 9.17) is 5.11 Å². The Kier molecular flexibility index (Phi) is 5.22. The number of nitrogens with zero attached hydrogens (tertiary/aromatic N) is 3. The van der Waals surface area contributed by atoms with Crippen molar-refractivity contribution < 1.29 is 19.1 Å². The Morgan fingerprint density at radius 3 is 2.81 bits per heavy atom. The summed E-state index contributed by atoms with van der Waals surface area (Å²) in [4.78, 5) is 31.5. The van der Waals surface area contributed by atoms with Gasteiger partial charge in [-0.3, -0.25) is 4.79 Å². The smallest absolute Gasteiger partial charge is 0.345 e. The van der Waals surface area contributed by atoms with Crippen LogP contribution in [-0.2, 0) is 30.7 Å². The SMILES string of the molecule is O=C(O)c1ccc(CC(=O)N2CCc3c(n(Cc4cccc(F)c4)c4ncccc34)C2)s1. The number of aromatic carboxylic acids is 1. The summed E-state index contributed by atoms with van der Waals surface area (Å²) in [5.74, 6) is -1.30. The van der Waals surface area contributed by atoms with E-state index in [1.54, 1.807) is 18.3 Å². The average Bonchev–Trinajstić information content (AvgIpc) is 3.37. The number of carbonyl (C=O) groups is 2. The summed E-state index contributed by atoms with van der Waals surface area (Å²) in [5, 5.41) is 10.2. The third-order valence-electron chi connectivity index (χ3n) is 5.79. The van der Waals surface area contributed by atoms with Crippen molar-refractivity contribution >= 4 is 34.2 Å². The number of halogens is 1. The van der Waals surface area contributed by atoms with Gasteiger partial charge in [-0.05, 0) is 53.9 Å². The lowest BCUT2D eigenvalue weighted by atomic mass is 10.0. The number of thiophene rings is 1. The van der Waals surface area contributed by atoms with Crippen LogP contribution in [-0.4, -0.2) is 38.0 Å². The molecule has 6 nitrogen and oxygen atoms in total. The van der Waals surface area contributed by atoms with Crippen LogP contribution in [0.1, 0.15) is 31.4 Å². The zero-order valence-corrected chi connectivity index (χ0v) is 17.9. The number of hydrogen-bond acceptors (Lipinski definition) is 4. The average molecular weight is 450 g/mol. The predicted molar refractivity (Wildman–Crippen MR) is 119 cm³/mol. The van der Waals surface area contributed by atoms with Crippen LogP contribution in [0.15, 0.2) is 54.7 Å². The van der Waals surface area contributed by atoms with E-state index in [1.165, 1.54) is 23.8 Å². The summed E-state index contributed by atoms with van der Waals surface area (Å²) in [6, 6.07) is 13.7. The highest BCUT2D eigenvalue weighted by molar-refractivity contribution is 7.14. The molecule has 0 radical (unpaired) electrons. The minimum atomic E-state index is -0.981. The first-order chi connectivity index (χ1) is 15.5. The van der Waals surface area contributed by atoms with Gasteiger partial charge in [0, 0.05) is 35.2 Å². The first-order valence-electron chi connectivity index (χ1n) is 10.3. The van der Waals surface area contributed by atoms with Gasteiger partial charge in [0.05, 0.1) is 13.0 Å². The summed E-state index contributed by atoms with van der Waals surface area (Å²) in [5.41, 5.74) is 3.86. The molecular weight excluding hydrogens is 429 g/mol. The van der Waals surface area contributed by atoms with Gasteiger partial charge in [0.2, 0.25) is 5.91 Å². The maximum absolute atomic E-state index is 13.8. The van der Waals surface area contributed by atoms with E-state index < -0.39 is 5.97 Å². The first kappa shape index (κ1) is 20.4. The summed E-state index contributed by atoms with van der Waals surface area (Å²) in [7, 11) is 0. The Morgan fingerprint density at radius 1 is 1.16 bits per heavy atom. The second kappa shape index (κ2) is 8.20. The van der Waals surface area contributed by atoms with Crippen molar-refractivity contribution in [3.05, 3.63) is 87.1 Å². The third kappa shape index (κ3) is 3.78. The lowest BCUT2D eigenvalue weighted by Crippen LogP contribution is -2.37. The Balaban J connectivity index is 1.44. The molecule has 162 valence electrons. The number of aromatic nitrogens is 2. The molecule has 8 heteroatoms. The highest BCUT2D eigenvalue weighted by Gasteiger charge is 2.27. The number of amides is 1. The highest BCUT2D eigenvalue weighted by Crippen LogP contribution is 2.31. The molecule has 4 aromatic rings. The Labute approximate surface area is 187 Å². The molecule has 0 saturated carbocycles. The molecule has 0 bridgehead atoms. The number of carboxylic acids is 1. The van der Waals surface area contributed by atoms with E-state index in [-0.39, 0.29) is 23.0 Å². The zero-order chi connectivity index (χ0) is 22.2. The Hall–Kier alpha value is -3.52. The van der Waals surface area contributed by atoms with Crippen LogP contribution in [0.2, 0.25) is 0 Å². The third-order valence-corrected chi connectivity index (χ3v) is 6.87. The predicted octanol–water partition coefficient (Wildman–Crippen LogP) is 4.11. The lowest BCUT2D eigenvalue weighted by Gasteiger charge is -2.28. The van der Waals surface area contributed by atoms with Crippen LogP contribution in [0.4, 0.5) is 4.39 Å². The summed E-state index contributed by atoms with van der Waals surface area (Å²) in [6.45, 7) is 1.50. The van der Waals surface area contributed by atoms with Crippen molar-refractivity contribution in [2.24, 2.45) is 0 Å². The van der Waals surface area contributed by atoms with Crippen molar-refractivity contribution in [1.82, 2.24) is 14.5 Å². The van der Waals surface area contributed by atoms with Gasteiger partial charge in [0.1, 0.15) is 16.3 Å². The zero-order valence-electron chi connectivity index (χ0n) is 17.1. The van der Waals surface area contributed by atoms with Gasteiger partial charge in [0.15, 0.2) is 0 Å². The van der Waals surface area contributed by atoms with Crippen molar-refractivity contribution in [2.45, 2.75) is 25.9 Å². The molecule has 1 N–H and O–H groups in total. The quantitative estimate of drug-likeness (QED) is 0.498. The summed E-state index contributed by atoms with van der Waals surface area (Å²) < 4.78 is 15.8. The molecule has 0 spiro atoms. The second-order valence-corrected chi connectivity index (χ2v) is 9.00. The first-order valence-corrected chi connectivity index (χ1v) is 11.1. The maximum atomic E-state index is 13.8. The number of rotatable bonds is 5. The standard InChI is InChI=1S/C24H20FN3O3S/c25-16-4-1-3-15(11-16)13-28-20-14-27(10-8-18(20)19-5-2-9-26-23(19)28)22(29)12-17-6-7-21(32-17)24(30)31/h1-7,9,11H,8,10,12-14H2,(H,30,31). The molecule has 5 rings (SSSR count). The summed E-state index contributed by atoms with van der Waals surface area (Å²) >= 11 is 1.13. The Morgan fingerprint density at radius 2 is 2.03 bits per heavy atom. The largest absolute Gasteiger partial charge is 0.477 e. The molecule has 0 aliphatic carbocycles. The van der Waals surface area contributed by atoms with Crippen LogP contribution in [0, 0.1) is 5.82 Å². The second-order valence-electron chi connectivity index (χ2n) is 7.83. The van der Waals surface area contributed by atoms with E-state index >= 15 is 0 Å². The van der Waals surface area contributed by atoms with Crippen LogP contribution in [0.3, 0.4) is 0 Å². The number of hydrogen-bond donors (Lipinski definition) is 1. The van der Waals surface area contributed by atoms with Gasteiger partial charge >= 0.3 is 5.97 Å². The molecule has 0 atom stereocenters. The molecule has 1 aliphatic rings. The highest BCUT2D eigenvalue weighted by atomic mass is 32.1. The van der Waals surface area contributed by atoms with E-state index in [0.29, 0.717) is 26.1 Å². The lowest BCUT2D eigenvalue weighted by molar-refractivity contribution is -0.131. The molecule has 32 heavy (non-hydrogen) atoms.